The van der Waals surface area contributed by atoms with E-state index in [0.29, 0.717) is 12.1 Å². The molecule has 0 atom stereocenters. The van der Waals surface area contributed by atoms with Gasteiger partial charge in [-0.15, -0.1) is 13.2 Å². The highest BCUT2D eigenvalue weighted by molar-refractivity contribution is 5.91. The number of amides is 1. The lowest BCUT2D eigenvalue weighted by Crippen LogP contribution is -2.29. The van der Waals surface area contributed by atoms with Crippen LogP contribution in [0.4, 0.5) is 18.9 Å². The van der Waals surface area contributed by atoms with Crippen molar-refractivity contribution in [3.05, 3.63) is 59.0 Å². The molecule has 0 aliphatic heterocycles. The summed E-state index contributed by atoms with van der Waals surface area (Å²) in [4.78, 5) is 25.1. The number of fused-ring (bicyclic) bond motifs is 1. The van der Waals surface area contributed by atoms with E-state index < -0.39 is 18.0 Å². The van der Waals surface area contributed by atoms with Gasteiger partial charge in [-0.25, -0.2) is 4.79 Å². The lowest BCUT2D eigenvalue weighted by Gasteiger charge is -2.11. The summed E-state index contributed by atoms with van der Waals surface area (Å²) in [5.74, 6) is -0.979. The molecule has 3 rings (SSSR count). The van der Waals surface area contributed by atoms with Crippen LogP contribution in [0.3, 0.4) is 0 Å². The maximum Gasteiger partial charge on any atom is 0.573 e. The minimum absolute atomic E-state index is 0.136. The molecule has 0 saturated carbocycles. The number of carbonyl (C=O) groups is 1. The average molecular weight is 393 g/mol. The van der Waals surface area contributed by atoms with Gasteiger partial charge in [0, 0.05) is 18.3 Å². The number of hydrogen-bond donors (Lipinski definition) is 1. The summed E-state index contributed by atoms with van der Waals surface area (Å²) in [5.41, 5.74) is 1.16. The number of aromatic nitrogens is 2. The Kier molecular flexibility index (Phi) is 5.43. The van der Waals surface area contributed by atoms with Gasteiger partial charge in [-0.1, -0.05) is 25.1 Å². The van der Waals surface area contributed by atoms with Crippen molar-refractivity contribution in [2.45, 2.75) is 32.8 Å². The molecule has 0 saturated heterocycles. The Morgan fingerprint density at radius 1 is 1.07 bits per heavy atom. The highest BCUT2D eigenvalue weighted by atomic mass is 19.4. The topological polar surface area (TPSA) is 65.3 Å². The first-order valence-corrected chi connectivity index (χ1v) is 8.62. The van der Waals surface area contributed by atoms with Gasteiger partial charge in [-0.3, -0.25) is 13.9 Å². The monoisotopic (exact) mass is 393 g/mol. The highest BCUT2D eigenvalue weighted by Gasteiger charge is 2.31. The molecular formula is C19H18F3N3O3. The standard InChI is InChI=1S/C19H18F3N3O3/c1-2-10-24-15-8-3-4-9-16(15)25(18(24)27)12-17(26)23-13-6-5-7-14(11-13)28-19(20,21)22/h3-9,11H,2,10,12H2,1H3,(H,23,26). The summed E-state index contributed by atoms with van der Waals surface area (Å²) in [6, 6.07) is 12.1. The molecule has 148 valence electrons. The first kappa shape index (κ1) is 19.5. The minimum Gasteiger partial charge on any atom is -0.406 e. The number of halogens is 3. The van der Waals surface area contributed by atoms with Gasteiger partial charge in [-0.05, 0) is 30.7 Å². The van der Waals surface area contributed by atoms with Crippen LogP contribution < -0.4 is 15.7 Å². The van der Waals surface area contributed by atoms with E-state index >= 15 is 0 Å². The van der Waals surface area contributed by atoms with Crippen LogP contribution in [-0.4, -0.2) is 21.4 Å². The van der Waals surface area contributed by atoms with E-state index in [2.05, 4.69) is 10.1 Å². The maximum absolute atomic E-state index is 12.7. The molecular weight excluding hydrogens is 375 g/mol. The largest absolute Gasteiger partial charge is 0.573 e. The fourth-order valence-corrected chi connectivity index (χ4v) is 2.98. The van der Waals surface area contributed by atoms with Crippen molar-refractivity contribution in [2.24, 2.45) is 0 Å². The quantitative estimate of drug-likeness (QED) is 0.694. The van der Waals surface area contributed by atoms with Gasteiger partial charge < -0.3 is 10.1 Å². The molecule has 1 N–H and O–H groups in total. The zero-order valence-corrected chi connectivity index (χ0v) is 15.0. The van der Waals surface area contributed by atoms with E-state index in [9.17, 15) is 22.8 Å². The number of rotatable bonds is 6. The number of carbonyl (C=O) groups excluding carboxylic acids is 1. The lowest BCUT2D eigenvalue weighted by molar-refractivity contribution is -0.274. The van der Waals surface area contributed by atoms with Gasteiger partial charge in [0.05, 0.1) is 11.0 Å². The molecule has 0 aliphatic rings. The number of para-hydroxylation sites is 2. The van der Waals surface area contributed by atoms with E-state index in [1.807, 2.05) is 13.0 Å². The summed E-state index contributed by atoms with van der Waals surface area (Å²) in [6.45, 7) is 2.20. The summed E-state index contributed by atoms with van der Waals surface area (Å²) in [5, 5.41) is 2.49. The molecule has 9 heteroatoms. The molecule has 0 spiro atoms. The van der Waals surface area contributed by atoms with Gasteiger partial charge in [-0.2, -0.15) is 0 Å². The molecule has 2 aromatic carbocycles. The molecule has 0 radical (unpaired) electrons. The van der Waals surface area contributed by atoms with E-state index in [0.717, 1.165) is 24.1 Å². The number of alkyl halides is 3. The zero-order chi connectivity index (χ0) is 20.3. The van der Waals surface area contributed by atoms with E-state index in [1.54, 1.807) is 22.8 Å². The number of nitrogens with one attached hydrogen (secondary N) is 1. The fraction of sp³-hybridized carbons (Fsp3) is 0.263. The van der Waals surface area contributed by atoms with E-state index in [4.69, 9.17) is 0 Å². The number of imidazole rings is 1. The van der Waals surface area contributed by atoms with Crippen LogP contribution >= 0.6 is 0 Å². The van der Waals surface area contributed by atoms with Crippen LogP contribution in [0.15, 0.2) is 53.3 Å². The summed E-state index contributed by atoms with van der Waals surface area (Å²) in [7, 11) is 0. The second-order valence-electron chi connectivity index (χ2n) is 6.13. The Labute approximate surface area is 158 Å². The number of aryl methyl sites for hydroxylation is 1. The zero-order valence-electron chi connectivity index (χ0n) is 15.0. The van der Waals surface area contributed by atoms with Crippen molar-refractivity contribution in [2.75, 3.05) is 5.32 Å². The Hall–Kier alpha value is -3.23. The van der Waals surface area contributed by atoms with E-state index in [-0.39, 0.29) is 17.9 Å². The maximum atomic E-state index is 12.7. The molecule has 28 heavy (non-hydrogen) atoms. The van der Waals surface area contributed by atoms with Crippen LogP contribution in [0.25, 0.3) is 11.0 Å². The molecule has 0 aliphatic carbocycles. The van der Waals surface area contributed by atoms with Crippen molar-refractivity contribution in [1.82, 2.24) is 9.13 Å². The van der Waals surface area contributed by atoms with Crippen molar-refractivity contribution >= 4 is 22.6 Å². The normalized spacial score (nSPS) is 11.6. The van der Waals surface area contributed by atoms with Gasteiger partial charge >= 0.3 is 12.1 Å². The van der Waals surface area contributed by atoms with Crippen molar-refractivity contribution in [3.8, 4) is 5.75 Å². The molecule has 1 aromatic heterocycles. The Morgan fingerprint density at radius 3 is 2.39 bits per heavy atom. The third-order valence-electron chi connectivity index (χ3n) is 4.03. The van der Waals surface area contributed by atoms with Crippen LogP contribution in [0.1, 0.15) is 13.3 Å². The van der Waals surface area contributed by atoms with Crippen molar-refractivity contribution in [1.29, 1.82) is 0 Å². The highest BCUT2D eigenvalue weighted by Crippen LogP contribution is 2.25. The van der Waals surface area contributed by atoms with Gasteiger partial charge in [0.1, 0.15) is 12.3 Å². The molecule has 3 aromatic rings. The molecule has 1 amide bonds. The number of anilines is 1. The Morgan fingerprint density at radius 2 is 1.75 bits per heavy atom. The Balaban J connectivity index is 1.82. The van der Waals surface area contributed by atoms with Crippen LogP contribution in [0, 0.1) is 0 Å². The SMILES string of the molecule is CCCn1c(=O)n(CC(=O)Nc2cccc(OC(F)(F)F)c2)c2ccccc21. The van der Waals surface area contributed by atoms with Crippen molar-refractivity contribution < 1.29 is 22.7 Å². The predicted octanol–water partition coefficient (Wildman–Crippen LogP) is 3.75. The molecule has 0 unspecified atom stereocenters. The van der Waals surface area contributed by atoms with Gasteiger partial charge in [0.2, 0.25) is 5.91 Å². The summed E-state index contributed by atoms with van der Waals surface area (Å²) in [6.07, 6.45) is -4.07. The molecule has 0 bridgehead atoms. The number of benzene rings is 2. The molecule has 1 heterocycles. The van der Waals surface area contributed by atoms with E-state index in [1.165, 1.54) is 16.7 Å². The van der Waals surface area contributed by atoms with Gasteiger partial charge in [0.15, 0.2) is 0 Å². The third-order valence-corrected chi connectivity index (χ3v) is 4.03. The fourth-order valence-electron chi connectivity index (χ4n) is 2.98. The molecule has 6 nitrogen and oxygen atoms in total. The smallest absolute Gasteiger partial charge is 0.406 e. The first-order chi connectivity index (χ1) is 13.3. The number of nitrogens with zero attached hydrogens (tertiary/aromatic N) is 2. The molecule has 0 fully saturated rings. The third kappa shape index (κ3) is 4.36. The first-order valence-electron chi connectivity index (χ1n) is 8.62. The van der Waals surface area contributed by atoms with Gasteiger partial charge in [0.25, 0.3) is 0 Å². The lowest BCUT2D eigenvalue weighted by atomic mass is 10.3. The average Bonchev–Trinajstić information content (AvgIpc) is 2.87. The number of hydrogen-bond acceptors (Lipinski definition) is 3. The predicted molar refractivity (Wildman–Crippen MR) is 98.2 cm³/mol. The Bertz CT molecular complexity index is 1050. The number of ether oxygens (including phenoxy) is 1. The summed E-state index contributed by atoms with van der Waals surface area (Å²) < 4.78 is 43.8. The second kappa shape index (κ2) is 7.79. The van der Waals surface area contributed by atoms with Crippen LogP contribution in [-0.2, 0) is 17.9 Å². The minimum atomic E-state index is -4.82. The van der Waals surface area contributed by atoms with Crippen molar-refractivity contribution in [3.63, 3.8) is 0 Å². The van der Waals surface area contributed by atoms with Crippen LogP contribution in [0.2, 0.25) is 0 Å². The van der Waals surface area contributed by atoms with Crippen LogP contribution in [0.5, 0.6) is 5.75 Å². The summed E-state index contributed by atoms with van der Waals surface area (Å²) >= 11 is 0. The second-order valence-corrected chi connectivity index (χ2v) is 6.13.